The third kappa shape index (κ3) is 2.59. The maximum atomic E-state index is 12.9. The molecule has 0 bridgehead atoms. The van der Waals surface area contributed by atoms with Crippen LogP contribution in [0.1, 0.15) is 22.3 Å². The predicted molar refractivity (Wildman–Crippen MR) is 81.2 cm³/mol. The number of hydrogen-bond acceptors (Lipinski definition) is 2. The number of halogens is 1. The fraction of sp³-hybridized carbons (Fsp3) is 0.167. The Hall–Kier alpha value is -2.42. The predicted octanol–water partition coefficient (Wildman–Crippen LogP) is 4.14. The van der Waals surface area contributed by atoms with E-state index in [9.17, 15) is 9.18 Å². The van der Waals surface area contributed by atoms with Gasteiger partial charge in [0.05, 0.1) is 0 Å². The van der Waals surface area contributed by atoms with E-state index in [1.165, 1.54) is 12.1 Å². The van der Waals surface area contributed by atoms with Crippen molar-refractivity contribution >= 4 is 11.0 Å². The lowest BCUT2D eigenvalue weighted by Gasteiger charge is -2.07. The van der Waals surface area contributed by atoms with Crippen molar-refractivity contribution in [1.29, 1.82) is 0 Å². The minimum absolute atomic E-state index is 0.282. The summed E-state index contributed by atoms with van der Waals surface area (Å²) in [6, 6.07) is 12.0. The molecule has 0 saturated heterocycles. The Bertz CT molecular complexity index is 861. The van der Waals surface area contributed by atoms with Crippen LogP contribution in [-0.4, -0.2) is 0 Å². The highest BCUT2D eigenvalue weighted by Gasteiger charge is 2.10. The molecule has 1 aromatic heterocycles. The molecule has 2 aromatic carbocycles. The monoisotopic (exact) mass is 282 g/mol. The van der Waals surface area contributed by atoms with Crippen LogP contribution < -0.4 is 5.63 Å². The molecule has 0 fully saturated rings. The van der Waals surface area contributed by atoms with E-state index in [1.807, 2.05) is 32.0 Å². The topological polar surface area (TPSA) is 30.2 Å². The van der Waals surface area contributed by atoms with Crippen LogP contribution in [0, 0.1) is 19.7 Å². The Morgan fingerprint density at radius 3 is 2.38 bits per heavy atom. The van der Waals surface area contributed by atoms with Gasteiger partial charge < -0.3 is 4.42 Å². The van der Waals surface area contributed by atoms with Gasteiger partial charge in [0.15, 0.2) is 0 Å². The first-order valence-corrected chi connectivity index (χ1v) is 6.82. The Kier molecular flexibility index (Phi) is 3.34. The maximum absolute atomic E-state index is 12.9. The van der Waals surface area contributed by atoms with Crippen LogP contribution in [0.4, 0.5) is 4.39 Å². The molecule has 3 aromatic rings. The van der Waals surface area contributed by atoms with Crippen molar-refractivity contribution in [2.24, 2.45) is 0 Å². The van der Waals surface area contributed by atoms with E-state index in [2.05, 4.69) is 0 Å². The van der Waals surface area contributed by atoms with Crippen molar-refractivity contribution in [1.82, 2.24) is 0 Å². The van der Waals surface area contributed by atoms with Crippen LogP contribution in [0.5, 0.6) is 0 Å². The first kappa shape index (κ1) is 13.6. The van der Waals surface area contributed by atoms with Crippen LogP contribution >= 0.6 is 0 Å². The van der Waals surface area contributed by atoms with E-state index in [4.69, 9.17) is 4.42 Å². The summed E-state index contributed by atoms with van der Waals surface area (Å²) in [5.41, 5.74) is 3.79. The minimum atomic E-state index is -0.333. The standard InChI is InChI=1S/C18H15FO2/c1-11-3-4-12(2)17-16(11)10-14(18(20)21-17)9-13-5-7-15(19)8-6-13/h3-8,10H,9H2,1-2H3. The summed E-state index contributed by atoms with van der Waals surface area (Å²) in [6.07, 6.45) is 0.436. The van der Waals surface area contributed by atoms with E-state index in [-0.39, 0.29) is 11.4 Å². The van der Waals surface area contributed by atoms with Crippen LogP contribution in [0.25, 0.3) is 11.0 Å². The Balaban J connectivity index is 2.11. The van der Waals surface area contributed by atoms with Gasteiger partial charge in [-0.3, -0.25) is 0 Å². The molecular formula is C18H15FO2. The quantitative estimate of drug-likeness (QED) is 0.661. The van der Waals surface area contributed by atoms with Gasteiger partial charge in [-0.25, -0.2) is 9.18 Å². The molecule has 0 N–H and O–H groups in total. The van der Waals surface area contributed by atoms with Crippen LogP contribution in [0.15, 0.2) is 51.7 Å². The molecule has 1 heterocycles. The van der Waals surface area contributed by atoms with E-state index < -0.39 is 0 Å². The maximum Gasteiger partial charge on any atom is 0.339 e. The molecule has 0 aliphatic heterocycles. The average molecular weight is 282 g/mol. The van der Waals surface area contributed by atoms with Crippen LogP contribution in [0.2, 0.25) is 0 Å². The van der Waals surface area contributed by atoms with Crippen LogP contribution in [-0.2, 0) is 6.42 Å². The molecule has 0 spiro atoms. The molecule has 0 atom stereocenters. The van der Waals surface area contributed by atoms with Crippen molar-refractivity contribution in [2.75, 3.05) is 0 Å². The normalized spacial score (nSPS) is 11.0. The fourth-order valence-corrected chi connectivity index (χ4v) is 2.46. The van der Waals surface area contributed by atoms with Crippen molar-refractivity contribution in [3.63, 3.8) is 0 Å². The molecule has 0 aliphatic rings. The second-order valence-corrected chi connectivity index (χ2v) is 5.30. The van der Waals surface area contributed by atoms with Gasteiger partial charge in [0.1, 0.15) is 11.4 Å². The summed E-state index contributed by atoms with van der Waals surface area (Å²) in [7, 11) is 0. The van der Waals surface area contributed by atoms with E-state index >= 15 is 0 Å². The average Bonchev–Trinajstić information content (AvgIpc) is 2.47. The summed E-state index contributed by atoms with van der Waals surface area (Å²) in [6.45, 7) is 3.91. The molecule has 3 rings (SSSR count). The summed E-state index contributed by atoms with van der Waals surface area (Å²) >= 11 is 0. The zero-order valence-electron chi connectivity index (χ0n) is 11.9. The second kappa shape index (κ2) is 5.17. The zero-order valence-corrected chi connectivity index (χ0v) is 11.9. The van der Waals surface area contributed by atoms with Gasteiger partial charge in [-0.2, -0.15) is 0 Å². The number of benzene rings is 2. The van der Waals surface area contributed by atoms with Crippen molar-refractivity contribution in [3.05, 3.63) is 81.0 Å². The Labute approximate surface area is 121 Å². The van der Waals surface area contributed by atoms with Gasteiger partial charge in [-0.05, 0) is 48.7 Å². The number of aryl methyl sites for hydroxylation is 2. The number of hydrogen-bond donors (Lipinski definition) is 0. The third-order valence-electron chi connectivity index (χ3n) is 3.69. The Morgan fingerprint density at radius 1 is 1.00 bits per heavy atom. The largest absolute Gasteiger partial charge is 0.422 e. The minimum Gasteiger partial charge on any atom is -0.422 e. The van der Waals surface area contributed by atoms with Gasteiger partial charge in [0.25, 0.3) is 0 Å². The molecule has 0 unspecified atom stereocenters. The smallest absolute Gasteiger partial charge is 0.339 e. The molecule has 3 heteroatoms. The number of rotatable bonds is 2. The lowest BCUT2D eigenvalue weighted by Crippen LogP contribution is -2.08. The molecule has 21 heavy (non-hydrogen) atoms. The SMILES string of the molecule is Cc1ccc(C)c2oc(=O)c(Cc3ccc(F)cc3)cc12. The van der Waals surface area contributed by atoms with Crippen molar-refractivity contribution in [3.8, 4) is 0 Å². The number of fused-ring (bicyclic) bond motifs is 1. The molecule has 0 radical (unpaired) electrons. The van der Waals surface area contributed by atoms with E-state index in [0.717, 1.165) is 22.1 Å². The van der Waals surface area contributed by atoms with Gasteiger partial charge in [-0.15, -0.1) is 0 Å². The van der Waals surface area contributed by atoms with Crippen molar-refractivity contribution in [2.45, 2.75) is 20.3 Å². The first-order chi connectivity index (χ1) is 10.0. The van der Waals surface area contributed by atoms with Gasteiger partial charge in [0.2, 0.25) is 0 Å². The van der Waals surface area contributed by atoms with E-state index in [1.54, 1.807) is 12.1 Å². The summed E-state index contributed by atoms with van der Waals surface area (Å²) in [5.74, 6) is -0.282. The second-order valence-electron chi connectivity index (χ2n) is 5.30. The third-order valence-corrected chi connectivity index (χ3v) is 3.69. The molecule has 0 amide bonds. The summed E-state index contributed by atoms with van der Waals surface area (Å²) in [5, 5.41) is 0.951. The highest BCUT2D eigenvalue weighted by atomic mass is 19.1. The lowest BCUT2D eigenvalue weighted by molar-refractivity contribution is 0.550. The van der Waals surface area contributed by atoms with Gasteiger partial charge in [0, 0.05) is 17.4 Å². The zero-order chi connectivity index (χ0) is 15.0. The first-order valence-electron chi connectivity index (χ1n) is 6.82. The highest BCUT2D eigenvalue weighted by Crippen LogP contribution is 2.22. The highest BCUT2D eigenvalue weighted by molar-refractivity contribution is 5.83. The molecule has 2 nitrogen and oxygen atoms in total. The van der Waals surface area contributed by atoms with Crippen LogP contribution in [0.3, 0.4) is 0 Å². The molecular weight excluding hydrogens is 267 g/mol. The van der Waals surface area contributed by atoms with Gasteiger partial charge in [-0.1, -0.05) is 24.3 Å². The van der Waals surface area contributed by atoms with Crippen molar-refractivity contribution < 1.29 is 8.81 Å². The van der Waals surface area contributed by atoms with Gasteiger partial charge >= 0.3 is 5.63 Å². The molecule has 106 valence electrons. The molecule has 0 saturated carbocycles. The molecule has 0 aliphatic carbocycles. The van der Waals surface area contributed by atoms with E-state index in [0.29, 0.717) is 17.6 Å². The summed E-state index contributed by atoms with van der Waals surface area (Å²) in [4.78, 5) is 12.1. The fourth-order valence-electron chi connectivity index (χ4n) is 2.46. The Morgan fingerprint density at radius 2 is 1.67 bits per heavy atom. The summed E-state index contributed by atoms with van der Waals surface area (Å²) < 4.78 is 18.4. The lowest BCUT2D eigenvalue weighted by atomic mass is 10.0.